The molecule has 1 aromatic carbocycles. The first-order valence-electron chi connectivity index (χ1n) is 10.2. The van der Waals surface area contributed by atoms with Crippen LogP contribution in [0.1, 0.15) is 64.0 Å². The highest BCUT2D eigenvalue weighted by Gasteiger charge is 2.32. The highest BCUT2D eigenvalue weighted by Crippen LogP contribution is 2.24. The number of rotatable bonds is 10. The molecule has 1 fully saturated rings. The van der Waals surface area contributed by atoms with Gasteiger partial charge in [-0.05, 0) is 36.3 Å². The van der Waals surface area contributed by atoms with Gasteiger partial charge in [0.05, 0.1) is 6.42 Å². The van der Waals surface area contributed by atoms with E-state index >= 15 is 0 Å². The Bertz CT molecular complexity index is 684. The molecule has 1 heterocycles. The molecule has 2 rings (SSSR count). The molecule has 6 nitrogen and oxygen atoms in total. The predicted molar refractivity (Wildman–Crippen MR) is 108 cm³/mol. The summed E-state index contributed by atoms with van der Waals surface area (Å²) in [5, 5.41) is 11.9. The number of carboxylic acid groups (broad SMARTS) is 1. The van der Waals surface area contributed by atoms with Crippen LogP contribution >= 0.6 is 0 Å². The summed E-state index contributed by atoms with van der Waals surface area (Å²) < 4.78 is 0. The van der Waals surface area contributed by atoms with Crippen LogP contribution in [0.2, 0.25) is 0 Å². The molecule has 2 N–H and O–H groups in total. The zero-order valence-electron chi connectivity index (χ0n) is 17.1. The Kier molecular flexibility index (Phi) is 8.03. The minimum Gasteiger partial charge on any atom is -0.481 e. The van der Waals surface area contributed by atoms with Gasteiger partial charge in [0.1, 0.15) is 0 Å². The third-order valence-electron chi connectivity index (χ3n) is 5.20. The number of nitrogens with one attached hydrogen (secondary N) is 1. The van der Waals surface area contributed by atoms with Gasteiger partial charge >= 0.3 is 5.97 Å². The lowest BCUT2D eigenvalue weighted by Gasteiger charge is -2.26. The van der Waals surface area contributed by atoms with Gasteiger partial charge in [0.15, 0.2) is 0 Å². The van der Waals surface area contributed by atoms with Crippen LogP contribution in [-0.2, 0) is 27.3 Å². The Labute approximate surface area is 167 Å². The summed E-state index contributed by atoms with van der Waals surface area (Å²) in [5.74, 6) is -0.737. The summed E-state index contributed by atoms with van der Waals surface area (Å²) in [7, 11) is 0. The van der Waals surface area contributed by atoms with E-state index in [1.54, 1.807) is 4.90 Å². The lowest BCUT2D eigenvalue weighted by atomic mass is 10.0. The second-order valence-corrected chi connectivity index (χ2v) is 8.08. The molecule has 1 saturated heterocycles. The maximum atomic E-state index is 12.5. The van der Waals surface area contributed by atoms with Crippen molar-refractivity contribution in [1.29, 1.82) is 0 Å². The van der Waals surface area contributed by atoms with Crippen LogP contribution in [0.15, 0.2) is 24.3 Å². The molecular formula is C22H32N2O4. The first-order valence-corrected chi connectivity index (χ1v) is 10.2. The molecule has 1 unspecified atom stereocenters. The predicted octanol–water partition coefficient (Wildman–Crippen LogP) is 3.14. The maximum absolute atomic E-state index is 12.5. The summed E-state index contributed by atoms with van der Waals surface area (Å²) in [6.45, 7) is 6.61. The van der Waals surface area contributed by atoms with Crippen molar-refractivity contribution in [2.75, 3.05) is 0 Å². The molecule has 2 amide bonds. The number of carbonyl (C=O) groups is 3. The van der Waals surface area contributed by atoms with Crippen molar-refractivity contribution in [2.45, 2.75) is 77.9 Å². The van der Waals surface area contributed by atoms with E-state index < -0.39 is 5.97 Å². The van der Waals surface area contributed by atoms with Crippen LogP contribution in [0, 0.1) is 5.92 Å². The Hall–Kier alpha value is -2.37. The fourth-order valence-electron chi connectivity index (χ4n) is 3.77. The first-order chi connectivity index (χ1) is 13.3. The molecule has 6 heteroatoms. The van der Waals surface area contributed by atoms with E-state index in [0.717, 1.165) is 12.0 Å². The minimum atomic E-state index is -0.917. The van der Waals surface area contributed by atoms with Crippen molar-refractivity contribution in [3.8, 4) is 0 Å². The van der Waals surface area contributed by atoms with Gasteiger partial charge in [0, 0.05) is 31.5 Å². The standard InChI is InChI=1S/C22H32N2O4/c1-4-16-5-7-17(8-6-16)14-24-19(9-10-21(24)26)13-20(25)23-18(11-15(2)3)12-22(27)28/h5-8,15,18-19H,4,9-14H2,1-3H3,(H,23,25)(H,27,28)/t18-,19?/m0/s1. The molecule has 154 valence electrons. The molecule has 1 aliphatic heterocycles. The van der Waals surface area contributed by atoms with Crippen LogP contribution in [0.25, 0.3) is 0 Å². The number of carboxylic acids is 1. The zero-order valence-corrected chi connectivity index (χ0v) is 17.1. The van der Waals surface area contributed by atoms with E-state index in [-0.39, 0.29) is 36.7 Å². The van der Waals surface area contributed by atoms with Gasteiger partial charge < -0.3 is 15.3 Å². The Morgan fingerprint density at radius 1 is 1.21 bits per heavy atom. The van der Waals surface area contributed by atoms with Gasteiger partial charge in [-0.3, -0.25) is 14.4 Å². The van der Waals surface area contributed by atoms with Crippen molar-refractivity contribution < 1.29 is 19.5 Å². The van der Waals surface area contributed by atoms with Crippen molar-refractivity contribution in [3.05, 3.63) is 35.4 Å². The third-order valence-corrected chi connectivity index (χ3v) is 5.20. The first kappa shape index (κ1) is 21.9. The van der Waals surface area contributed by atoms with E-state index in [9.17, 15) is 14.4 Å². The lowest BCUT2D eigenvalue weighted by molar-refractivity contribution is -0.137. The molecular weight excluding hydrogens is 356 g/mol. The SMILES string of the molecule is CCc1ccc(CN2C(=O)CCC2CC(=O)N[C@H](CC(=O)O)CC(C)C)cc1. The fraction of sp³-hybridized carbons (Fsp3) is 0.591. The third kappa shape index (κ3) is 6.66. The highest BCUT2D eigenvalue weighted by atomic mass is 16.4. The Morgan fingerprint density at radius 2 is 1.86 bits per heavy atom. The van der Waals surface area contributed by atoms with Crippen LogP contribution in [0.3, 0.4) is 0 Å². The van der Waals surface area contributed by atoms with Crippen molar-refractivity contribution in [3.63, 3.8) is 0 Å². The molecule has 1 aromatic rings. The molecule has 0 saturated carbocycles. The molecule has 0 radical (unpaired) electrons. The van der Waals surface area contributed by atoms with Crippen LogP contribution < -0.4 is 5.32 Å². The maximum Gasteiger partial charge on any atom is 0.305 e. The highest BCUT2D eigenvalue weighted by molar-refractivity contribution is 5.82. The number of nitrogens with zero attached hydrogens (tertiary/aromatic N) is 1. The Morgan fingerprint density at radius 3 is 2.43 bits per heavy atom. The van der Waals surface area contributed by atoms with E-state index in [4.69, 9.17) is 5.11 Å². The molecule has 2 atom stereocenters. The van der Waals surface area contributed by atoms with Crippen molar-refractivity contribution >= 4 is 17.8 Å². The number of aryl methyl sites for hydroxylation is 1. The number of aliphatic carboxylic acids is 1. The van der Waals surface area contributed by atoms with Gasteiger partial charge in [-0.2, -0.15) is 0 Å². The second-order valence-electron chi connectivity index (χ2n) is 8.08. The number of benzene rings is 1. The number of carbonyl (C=O) groups excluding carboxylic acids is 2. The van der Waals surface area contributed by atoms with Gasteiger partial charge in [0.2, 0.25) is 11.8 Å². The second kappa shape index (κ2) is 10.2. The van der Waals surface area contributed by atoms with Gasteiger partial charge in [-0.1, -0.05) is 45.0 Å². The number of hydrogen-bond donors (Lipinski definition) is 2. The van der Waals surface area contributed by atoms with Gasteiger partial charge in [-0.15, -0.1) is 0 Å². The quantitative estimate of drug-likeness (QED) is 0.645. The number of likely N-dealkylation sites (tertiary alicyclic amines) is 1. The molecule has 0 aliphatic carbocycles. The normalized spacial score (nSPS) is 17.8. The van der Waals surface area contributed by atoms with E-state index in [1.165, 1.54) is 5.56 Å². The van der Waals surface area contributed by atoms with Crippen LogP contribution in [0.5, 0.6) is 0 Å². The monoisotopic (exact) mass is 388 g/mol. The van der Waals surface area contributed by atoms with Crippen molar-refractivity contribution in [2.24, 2.45) is 5.92 Å². The number of amides is 2. The number of hydrogen-bond acceptors (Lipinski definition) is 3. The molecule has 0 spiro atoms. The van der Waals surface area contributed by atoms with Crippen LogP contribution in [-0.4, -0.2) is 39.9 Å². The van der Waals surface area contributed by atoms with E-state index in [1.807, 2.05) is 26.0 Å². The molecule has 0 aromatic heterocycles. The summed E-state index contributed by atoms with van der Waals surface area (Å²) in [5.41, 5.74) is 2.31. The zero-order chi connectivity index (χ0) is 20.7. The van der Waals surface area contributed by atoms with E-state index in [0.29, 0.717) is 31.7 Å². The fourth-order valence-corrected chi connectivity index (χ4v) is 3.77. The Balaban J connectivity index is 1.96. The van der Waals surface area contributed by atoms with Gasteiger partial charge in [0.25, 0.3) is 0 Å². The summed E-state index contributed by atoms with van der Waals surface area (Å²) in [6.07, 6.45) is 2.84. The summed E-state index contributed by atoms with van der Waals surface area (Å²) >= 11 is 0. The minimum absolute atomic E-state index is 0.0710. The summed E-state index contributed by atoms with van der Waals surface area (Å²) in [6, 6.07) is 7.69. The van der Waals surface area contributed by atoms with Gasteiger partial charge in [-0.25, -0.2) is 0 Å². The smallest absolute Gasteiger partial charge is 0.305 e. The lowest BCUT2D eigenvalue weighted by Crippen LogP contribution is -2.41. The van der Waals surface area contributed by atoms with Crippen LogP contribution in [0.4, 0.5) is 0 Å². The summed E-state index contributed by atoms with van der Waals surface area (Å²) in [4.78, 5) is 37.7. The topological polar surface area (TPSA) is 86.7 Å². The molecule has 28 heavy (non-hydrogen) atoms. The molecule has 1 aliphatic rings. The average Bonchev–Trinajstić information content (AvgIpc) is 2.94. The average molecular weight is 389 g/mol. The van der Waals surface area contributed by atoms with Crippen molar-refractivity contribution in [1.82, 2.24) is 10.2 Å². The molecule has 0 bridgehead atoms. The van der Waals surface area contributed by atoms with E-state index in [2.05, 4.69) is 24.4 Å². The largest absolute Gasteiger partial charge is 0.481 e.